The maximum atomic E-state index is 8.87. The lowest BCUT2D eigenvalue weighted by molar-refractivity contribution is 0.278. The SMILES string of the molecule is CC(C)Cc1ccc(C(C)CCO)cc1. The summed E-state index contributed by atoms with van der Waals surface area (Å²) in [6, 6.07) is 8.81. The third kappa shape index (κ3) is 4.05. The van der Waals surface area contributed by atoms with Crippen molar-refractivity contribution in [2.24, 2.45) is 5.92 Å². The highest BCUT2D eigenvalue weighted by molar-refractivity contribution is 5.25. The number of hydrogen-bond donors (Lipinski definition) is 1. The number of hydrogen-bond acceptors (Lipinski definition) is 1. The van der Waals surface area contributed by atoms with Crippen molar-refractivity contribution >= 4 is 0 Å². The Kier molecular flexibility index (Phi) is 4.83. The summed E-state index contributed by atoms with van der Waals surface area (Å²) in [6.45, 7) is 6.91. The van der Waals surface area contributed by atoms with Gasteiger partial charge < -0.3 is 5.11 Å². The topological polar surface area (TPSA) is 20.2 Å². The first-order valence-corrected chi connectivity index (χ1v) is 5.83. The van der Waals surface area contributed by atoms with Gasteiger partial charge in [0, 0.05) is 6.61 Å². The average molecular weight is 206 g/mol. The van der Waals surface area contributed by atoms with Crippen LogP contribution in [0.3, 0.4) is 0 Å². The lowest BCUT2D eigenvalue weighted by Gasteiger charge is -2.11. The molecule has 1 rings (SSSR count). The van der Waals surface area contributed by atoms with Gasteiger partial charge in [0.1, 0.15) is 0 Å². The van der Waals surface area contributed by atoms with E-state index in [4.69, 9.17) is 5.11 Å². The van der Waals surface area contributed by atoms with Crippen LogP contribution in [0.1, 0.15) is 44.2 Å². The molecule has 1 aromatic carbocycles. The maximum absolute atomic E-state index is 8.87. The molecule has 0 amide bonds. The summed E-state index contributed by atoms with van der Waals surface area (Å²) in [5.74, 6) is 1.17. The van der Waals surface area contributed by atoms with Crippen molar-refractivity contribution in [2.75, 3.05) is 6.61 Å². The Morgan fingerprint density at radius 2 is 1.67 bits per heavy atom. The van der Waals surface area contributed by atoms with E-state index in [1.807, 2.05) is 0 Å². The smallest absolute Gasteiger partial charge is 0.0436 e. The maximum Gasteiger partial charge on any atom is 0.0436 e. The summed E-state index contributed by atoms with van der Waals surface area (Å²) < 4.78 is 0. The predicted octanol–water partition coefficient (Wildman–Crippen LogP) is 3.37. The average Bonchev–Trinajstić information content (AvgIpc) is 2.18. The lowest BCUT2D eigenvalue weighted by atomic mass is 9.95. The minimum absolute atomic E-state index is 0.273. The van der Waals surface area contributed by atoms with Crippen LogP contribution in [0, 0.1) is 5.92 Å². The van der Waals surface area contributed by atoms with Gasteiger partial charge in [-0.25, -0.2) is 0 Å². The molecule has 0 aromatic heterocycles. The highest BCUT2D eigenvalue weighted by atomic mass is 16.3. The van der Waals surface area contributed by atoms with Crippen LogP contribution in [0.5, 0.6) is 0 Å². The number of benzene rings is 1. The Labute approximate surface area is 93.1 Å². The van der Waals surface area contributed by atoms with Crippen molar-refractivity contribution in [1.82, 2.24) is 0 Å². The van der Waals surface area contributed by atoms with E-state index in [0.717, 1.165) is 12.8 Å². The van der Waals surface area contributed by atoms with Gasteiger partial charge >= 0.3 is 0 Å². The second-order valence-corrected chi connectivity index (χ2v) is 4.75. The van der Waals surface area contributed by atoms with Crippen LogP contribution in [0.2, 0.25) is 0 Å². The van der Waals surface area contributed by atoms with Crippen LogP contribution < -0.4 is 0 Å². The number of aliphatic hydroxyl groups is 1. The largest absolute Gasteiger partial charge is 0.396 e. The molecule has 0 fully saturated rings. The molecule has 0 aliphatic carbocycles. The fourth-order valence-corrected chi connectivity index (χ4v) is 1.81. The quantitative estimate of drug-likeness (QED) is 0.783. The first kappa shape index (κ1) is 12.3. The molecule has 15 heavy (non-hydrogen) atoms. The molecule has 1 unspecified atom stereocenters. The molecule has 0 aliphatic rings. The number of rotatable bonds is 5. The first-order valence-electron chi connectivity index (χ1n) is 5.83. The van der Waals surface area contributed by atoms with Crippen LogP contribution in [0.25, 0.3) is 0 Å². The Morgan fingerprint density at radius 1 is 1.07 bits per heavy atom. The molecular formula is C14H22O. The van der Waals surface area contributed by atoms with E-state index in [-0.39, 0.29) is 6.61 Å². The van der Waals surface area contributed by atoms with Crippen LogP contribution in [0.4, 0.5) is 0 Å². The molecule has 0 bridgehead atoms. The van der Waals surface area contributed by atoms with Crippen molar-refractivity contribution in [1.29, 1.82) is 0 Å². The van der Waals surface area contributed by atoms with Crippen LogP contribution in [-0.4, -0.2) is 11.7 Å². The summed E-state index contributed by atoms with van der Waals surface area (Å²) in [5.41, 5.74) is 2.74. The van der Waals surface area contributed by atoms with E-state index in [1.54, 1.807) is 0 Å². The molecule has 0 aliphatic heterocycles. The van der Waals surface area contributed by atoms with Crippen LogP contribution in [-0.2, 0) is 6.42 Å². The van der Waals surface area contributed by atoms with Gasteiger partial charge in [0.05, 0.1) is 0 Å². The molecule has 0 saturated carbocycles. The van der Waals surface area contributed by atoms with Gasteiger partial charge in [-0.05, 0) is 35.8 Å². The summed E-state index contributed by atoms with van der Waals surface area (Å²) >= 11 is 0. The molecule has 84 valence electrons. The second kappa shape index (κ2) is 5.92. The van der Waals surface area contributed by atoms with E-state index < -0.39 is 0 Å². The van der Waals surface area contributed by atoms with E-state index in [0.29, 0.717) is 11.8 Å². The highest BCUT2D eigenvalue weighted by Gasteiger charge is 2.04. The van der Waals surface area contributed by atoms with E-state index >= 15 is 0 Å². The fraction of sp³-hybridized carbons (Fsp3) is 0.571. The van der Waals surface area contributed by atoms with E-state index in [2.05, 4.69) is 45.0 Å². The zero-order valence-electron chi connectivity index (χ0n) is 10.0. The van der Waals surface area contributed by atoms with Crippen molar-refractivity contribution in [3.63, 3.8) is 0 Å². The molecule has 1 N–H and O–H groups in total. The van der Waals surface area contributed by atoms with Crippen molar-refractivity contribution in [2.45, 2.75) is 39.5 Å². The second-order valence-electron chi connectivity index (χ2n) is 4.75. The van der Waals surface area contributed by atoms with Crippen LogP contribution >= 0.6 is 0 Å². The van der Waals surface area contributed by atoms with E-state index in [1.165, 1.54) is 11.1 Å². The summed E-state index contributed by atoms with van der Waals surface area (Å²) in [6.07, 6.45) is 2.00. The van der Waals surface area contributed by atoms with Gasteiger partial charge in [-0.2, -0.15) is 0 Å². The normalized spacial score (nSPS) is 13.1. The Morgan fingerprint density at radius 3 is 2.13 bits per heavy atom. The molecule has 0 radical (unpaired) electrons. The van der Waals surface area contributed by atoms with Gasteiger partial charge in [-0.15, -0.1) is 0 Å². The van der Waals surface area contributed by atoms with Crippen molar-refractivity contribution in [3.05, 3.63) is 35.4 Å². The van der Waals surface area contributed by atoms with E-state index in [9.17, 15) is 0 Å². The van der Waals surface area contributed by atoms with Gasteiger partial charge in [0.2, 0.25) is 0 Å². The molecular weight excluding hydrogens is 184 g/mol. The fourth-order valence-electron chi connectivity index (χ4n) is 1.81. The third-order valence-corrected chi connectivity index (χ3v) is 2.75. The van der Waals surface area contributed by atoms with Gasteiger partial charge in [0.15, 0.2) is 0 Å². The summed E-state index contributed by atoms with van der Waals surface area (Å²) in [4.78, 5) is 0. The molecule has 0 saturated heterocycles. The zero-order valence-corrected chi connectivity index (χ0v) is 10.0. The van der Waals surface area contributed by atoms with Crippen molar-refractivity contribution in [3.8, 4) is 0 Å². The van der Waals surface area contributed by atoms with Crippen molar-refractivity contribution < 1.29 is 5.11 Å². The van der Waals surface area contributed by atoms with Gasteiger partial charge in [0.25, 0.3) is 0 Å². The first-order chi connectivity index (χ1) is 7.13. The minimum atomic E-state index is 0.273. The third-order valence-electron chi connectivity index (χ3n) is 2.75. The number of aliphatic hydroxyl groups excluding tert-OH is 1. The Hall–Kier alpha value is -0.820. The van der Waals surface area contributed by atoms with Gasteiger partial charge in [-0.1, -0.05) is 45.0 Å². The van der Waals surface area contributed by atoms with Crippen LogP contribution in [0.15, 0.2) is 24.3 Å². The Bertz CT molecular complexity index is 274. The summed E-state index contributed by atoms with van der Waals surface area (Å²) in [7, 11) is 0. The predicted molar refractivity (Wildman–Crippen MR) is 65.1 cm³/mol. The van der Waals surface area contributed by atoms with Gasteiger partial charge in [-0.3, -0.25) is 0 Å². The molecule has 1 atom stereocenters. The molecule has 1 aromatic rings. The monoisotopic (exact) mass is 206 g/mol. The minimum Gasteiger partial charge on any atom is -0.396 e. The zero-order chi connectivity index (χ0) is 11.3. The molecule has 1 heteroatoms. The summed E-state index contributed by atoms with van der Waals surface area (Å²) in [5, 5.41) is 8.87. The standard InChI is InChI=1S/C14H22O/c1-11(2)10-13-4-6-14(7-5-13)12(3)8-9-15/h4-7,11-12,15H,8-10H2,1-3H3. The molecule has 0 spiro atoms. The highest BCUT2D eigenvalue weighted by Crippen LogP contribution is 2.19. The lowest BCUT2D eigenvalue weighted by Crippen LogP contribution is -1.98. The molecule has 0 heterocycles. The Balaban J connectivity index is 2.63. The molecule has 1 nitrogen and oxygen atoms in total.